The second-order valence-electron chi connectivity index (χ2n) is 2.92. The molecule has 0 aliphatic carbocycles. The van der Waals surface area contributed by atoms with Gasteiger partial charge in [-0.15, -0.1) is 0 Å². The molecule has 0 saturated carbocycles. The van der Waals surface area contributed by atoms with Crippen LogP contribution < -0.4 is 4.74 Å². The van der Waals surface area contributed by atoms with Crippen LogP contribution in [0.4, 0.5) is 13.2 Å². The number of ether oxygens (including phenoxy) is 1. The Kier molecular flexibility index (Phi) is 3.63. The molecule has 4 nitrogen and oxygen atoms in total. The Morgan fingerprint density at radius 3 is 2.25 bits per heavy atom. The van der Waals surface area contributed by atoms with E-state index in [0.717, 1.165) is 0 Å². The quantitative estimate of drug-likeness (QED) is 0.445. The van der Waals surface area contributed by atoms with Gasteiger partial charge < -0.3 is 4.74 Å². The molecule has 0 fully saturated rings. The average Bonchev–Trinajstić information content (AvgIpc) is 2.25. The molecule has 1 unspecified atom stereocenters. The highest BCUT2D eigenvalue weighted by Crippen LogP contribution is 2.36. The molecule has 16 heavy (non-hydrogen) atoms. The summed E-state index contributed by atoms with van der Waals surface area (Å²) in [6, 6.07) is 3.02. The molecule has 0 bridgehead atoms. The third-order valence-corrected chi connectivity index (χ3v) is 1.91. The van der Waals surface area contributed by atoms with Crippen molar-refractivity contribution in [1.82, 2.24) is 0 Å². The Morgan fingerprint density at radius 1 is 1.31 bits per heavy atom. The first-order valence-electron chi connectivity index (χ1n) is 4.24. The van der Waals surface area contributed by atoms with Gasteiger partial charge >= 0.3 is 6.18 Å². The zero-order valence-electron chi connectivity index (χ0n) is 8.27. The fraction of sp³-hybridized carbons (Fsp3) is 0.333. The minimum atomic E-state index is -4.60. The molecule has 7 heteroatoms. The number of rotatable bonds is 3. The SMILES string of the molecule is COc1ccc(C(N=[N+]=[N-])C(F)(F)F)cc1. The van der Waals surface area contributed by atoms with E-state index in [0.29, 0.717) is 5.75 Å². The highest BCUT2D eigenvalue weighted by molar-refractivity contribution is 5.29. The molecule has 0 heterocycles. The van der Waals surface area contributed by atoms with Crippen molar-refractivity contribution in [2.45, 2.75) is 12.2 Å². The van der Waals surface area contributed by atoms with E-state index in [9.17, 15) is 13.2 Å². The van der Waals surface area contributed by atoms with Crippen molar-refractivity contribution in [3.63, 3.8) is 0 Å². The zero-order chi connectivity index (χ0) is 12.2. The van der Waals surface area contributed by atoms with E-state index >= 15 is 0 Å². The molecule has 0 saturated heterocycles. The topological polar surface area (TPSA) is 58.0 Å². The van der Waals surface area contributed by atoms with E-state index in [1.54, 1.807) is 0 Å². The fourth-order valence-corrected chi connectivity index (χ4v) is 1.16. The normalized spacial score (nSPS) is 12.8. The Morgan fingerprint density at radius 2 is 1.88 bits per heavy atom. The van der Waals surface area contributed by atoms with Gasteiger partial charge in [-0.05, 0) is 23.2 Å². The Hall–Kier alpha value is -1.88. The smallest absolute Gasteiger partial charge is 0.401 e. The monoisotopic (exact) mass is 231 g/mol. The fourth-order valence-electron chi connectivity index (χ4n) is 1.16. The molecule has 0 N–H and O–H groups in total. The van der Waals surface area contributed by atoms with Crippen LogP contribution in [-0.2, 0) is 0 Å². The molecule has 0 aliphatic rings. The van der Waals surface area contributed by atoms with Crippen LogP contribution in [0.2, 0.25) is 0 Å². The minimum absolute atomic E-state index is 0.119. The molecule has 86 valence electrons. The lowest BCUT2D eigenvalue weighted by Crippen LogP contribution is -2.18. The molecular formula is C9H8F3N3O. The predicted octanol–water partition coefficient (Wildman–Crippen LogP) is 3.61. The van der Waals surface area contributed by atoms with Gasteiger partial charge in [0.15, 0.2) is 6.04 Å². The summed E-state index contributed by atoms with van der Waals surface area (Å²) in [5, 5.41) is 2.74. The lowest BCUT2D eigenvalue weighted by molar-refractivity contribution is -0.148. The Bertz CT molecular complexity index is 395. The van der Waals surface area contributed by atoms with Crippen molar-refractivity contribution < 1.29 is 17.9 Å². The largest absolute Gasteiger partial charge is 0.497 e. The van der Waals surface area contributed by atoms with Crippen LogP contribution in [0.3, 0.4) is 0 Å². The van der Waals surface area contributed by atoms with E-state index in [2.05, 4.69) is 10.0 Å². The standard InChI is InChI=1S/C9H8F3N3O/c1-16-7-4-2-6(3-5-7)8(14-15-13)9(10,11)12/h2-5,8H,1H3. The first-order chi connectivity index (χ1) is 7.49. The van der Waals surface area contributed by atoms with Crippen LogP contribution in [0.15, 0.2) is 29.4 Å². The Balaban J connectivity index is 3.07. The highest BCUT2D eigenvalue weighted by atomic mass is 19.4. The summed E-state index contributed by atoms with van der Waals surface area (Å²) in [4.78, 5) is 2.20. The third kappa shape index (κ3) is 2.80. The number of hydrogen-bond donors (Lipinski definition) is 0. The predicted molar refractivity (Wildman–Crippen MR) is 50.9 cm³/mol. The van der Waals surface area contributed by atoms with E-state index in [1.165, 1.54) is 31.4 Å². The van der Waals surface area contributed by atoms with Crippen LogP contribution >= 0.6 is 0 Å². The maximum absolute atomic E-state index is 12.5. The van der Waals surface area contributed by atoms with Gasteiger partial charge in [-0.2, -0.15) is 13.2 Å². The van der Waals surface area contributed by atoms with Crippen LogP contribution in [0, 0.1) is 0 Å². The van der Waals surface area contributed by atoms with Gasteiger partial charge in [0.25, 0.3) is 0 Å². The number of halogens is 3. The first-order valence-corrected chi connectivity index (χ1v) is 4.24. The first kappa shape index (κ1) is 12.2. The zero-order valence-corrected chi connectivity index (χ0v) is 8.27. The van der Waals surface area contributed by atoms with E-state index in [4.69, 9.17) is 10.3 Å². The van der Waals surface area contributed by atoms with E-state index in [1.807, 2.05) is 0 Å². The number of azide groups is 1. The van der Waals surface area contributed by atoms with Crippen molar-refractivity contribution >= 4 is 0 Å². The molecular weight excluding hydrogens is 223 g/mol. The van der Waals surface area contributed by atoms with Crippen molar-refractivity contribution in [3.8, 4) is 5.75 Å². The van der Waals surface area contributed by atoms with E-state index in [-0.39, 0.29) is 5.56 Å². The number of hydrogen-bond acceptors (Lipinski definition) is 2. The minimum Gasteiger partial charge on any atom is -0.497 e. The second kappa shape index (κ2) is 4.76. The van der Waals surface area contributed by atoms with Crippen LogP contribution in [-0.4, -0.2) is 13.3 Å². The Labute approximate surface area is 89.3 Å². The molecule has 0 radical (unpaired) electrons. The van der Waals surface area contributed by atoms with Crippen LogP contribution in [0.25, 0.3) is 10.4 Å². The second-order valence-corrected chi connectivity index (χ2v) is 2.92. The third-order valence-electron chi connectivity index (χ3n) is 1.91. The lowest BCUT2D eigenvalue weighted by Gasteiger charge is -2.15. The highest BCUT2D eigenvalue weighted by Gasteiger charge is 2.40. The summed E-state index contributed by atoms with van der Waals surface area (Å²) >= 11 is 0. The maximum Gasteiger partial charge on any atom is 0.401 e. The van der Waals surface area contributed by atoms with Gasteiger partial charge in [0, 0.05) is 4.91 Å². The van der Waals surface area contributed by atoms with Crippen molar-refractivity contribution in [2.24, 2.45) is 5.11 Å². The van der Waals surface area contributed by atoms with Crippen molar-refractivity contribution in [2.75, 3.05) is 7.11 Å². The van der Waals surface area contributed by atoms with Crippen molar-refractivity contribution in [3.05, 3.63) is 40.3 Å². The molecule has 1 atom stereocenters. The summed E-state index contributed by atoms with van der Waals surface area (Å²) in [5.41, 5.74) is 7.98. The number of alkyl halides is 3. The number of benzene rings is 1. The molecule has 1 aromatic rings. The van der Waals surface area contributed by atoms with Gasteiger partial charge in [-0.25, -0.2) is 0 Å². The summed E-state index contributed by atoms with van der Waals surface area (Å²) < 4.78 is 42.2. The lowest BCUT2D eigenvalue weighted by atomic mass is 10.1. The number of methoxy groups -OCH3 is 1. The summed E-state index contributed by atoms with van der Waals surface area (Å²) in [6.45, 7) is 0. The van der Waals surface area contributed by atoms with Gasteiger partial charge in [0.1, 0.15) is 5.75 Å². The van der Waals surface area contributed by atoms with Crippen LogP contribution in [0.1, 0.15) is 11.6 Å². The van der Waals surface area contributed by atoms with Gasteiger partial charge in [-0.3, -0.25) is 0 Å². The van der Waals surface area contributed by atoms with Crippen LogP contribution in [0.5, 0.6) is 5.75 Å². The van der Waals surface area contributed by atoms with E-state index < -0.39 is 12.2 Å². The van der Waals surface area contributed by atoms with Gasteiger partial charge in [0.2, 0.25) is 0 Å². The molecule has 1 aromatic carbocycles. The number of nitrogens with zero attached hydrogens (tertiary/aromatic N) is 3. The van der Waals surface area contributed by atoms with Gasteiger partial charge in [0.05, 0.1) is 7.11 Å². The van der Waals surface area contributed by atoms with Crippen molar-refractivity contribution in [1.29, 1.82) is 0 Å². The summed E-state index contributed by atoms with van der Waals surface area (Å²) in [5.74, 6) is 0.436. The summed E-state index contributed by atoms with van der Waals surface area (Å²) in [6.07, 6.45) is -4.60. The summed E-state index contributed by atoms with van der Waals surface area (Å²) in [7, 11) is 1.41. The molecule has 0 spiro atoms. The molecule has 0 aromatic heterocycles. The molecule has 0 aliphatic heterocycles. The molecule has 0 amide bonds. The maximum atomic E-state index is 12.5. The average molecular weight is 231 g/mol. The van der Waals surface area contributed by atoms with Gasteiger partial charge in [-0.1, -0.05) is 17.2 Å². The molecule has 1 rings (SSSR count).